The maximum Gasteiger partial charge on any atom is 0.181 e. The molecule has 2 aromatic heterocycles. The van der Waals surface area contributed by atoms with Crippen molar-refractivity contribution in [1.29, 1.82) is 0 Å². The smallest absolute Gasteiger partial charge is 0.181 e. The van der Waals surface area contributed by atoms with Crippen molar-refractivity contribution in [3.05, 3.63) is 36.1 Å². The van der Waals surface area contributed by atoms with Gasteiger partial charge in [-0.3, -0.25) is 0 Å². The summed E-state index contributed by atoms with van der Waals surface area (Å²) in [5.74, 6) is 0.972. The summed E-state index contributed by atoms with van der Waals surface area (Å²) in [6.45, 7) is 1.51. The minimum atomic E-state index is 0.484. The third kappa shape index (κ3) is 1.51. The molecule has 0 atom stereocenters. The predicted octanol–water partition coefficient (Wildman–Crippen LogP) is 2.10. The van der Waals surface area contributed by atoms with Crippen LogP contribution in [0, 0.1) is 0 Å². The highest BCUT2D eigenvalue weighted by Crippen LogP contribution is 2.31. The maximum absolute atomic E-state index is 5.78. The fraction of sp³-hybridized carbons (Fsp3) is 0.286. The molecule has 0 saturated heterocycles. The van der Waals surface area contributed by atoms with Gasteiger partial charge in [0, 0.05) is 17.8 Å². The molecule has 0 bridgehead atoms. The number of rotatable bonds is 2. The maximum atomic E-state index is 5.78. The molecule has 1 aromatic carbocycles. The second kappa shape index (κ2) is 3.93. The topological polar surface area (TPSA) is 69.9 Å². The minimum Gasteiger partial charge on any atom is -0.443 e. The summed E-state index contributed by atoms with van der Waals surface area (Å²) < 4.78 is 7.61. The molecule has 0 fully saturated rings. The number of nitrogens with zero attached hydrogens (tertiary/aromatic N) is 3. The molecule has 0 unspecified atom stereocenters. The van der Waals surface area contributed by atoms with E-state index >= 15 is 0 Å². The van der Waals surface area contributed by atoms with Gasteiger partial charge in [0.1, 0.15) is 11.3 Å². The van der Waals surface area contributed by atoms with Crippen LogP contribution in [0.15, 0.2) is 29.0 Å². The summed E-state index contributed by atoms with van der Waals surface area (Å²) in [5, 5.41) is 0. The number of imidazole rings is 1. The van der Waals surface area contributed by atoms with Crippen LogP contribution in [0.1, 0.15) is 17.9 Å². The summed E-state index contributed by atoms with van der Waals surface area (Å²) in [6.07, 6.45) is 3.70. The first kappa shape index (κ1) is 10.8. The molecule has 1 aliphatic heterocycles. The number of nitrogens with two attached hydrogens (primary N) is 1. The molecular formula is C14H14N4O. The number of oxazole rings is 1. The first-order valence-corrected chi connectivity index (χ1v) is 6.49. The van der Waals surface area contributed by atoms with E-state index in [1.54, 1.807) is 0 Å². The van der Waals surface area contributed by atoms with Gasteiger partial charge >= 0.3 is 0 Å². The molecule has 19 heavy (non-hydrogen) atoms. The minimum absolute atomic E-state index is 0.484. The molecule has 96 valence electrons. The van der Waals surface area contributed by atoms with Crippen LogP contribution in [0.5, 0.6) is 0 Å². The van der Waals surface area contributed by atoms with E-state index in [2.05, 4.69) is 14.5 Å². The lowest BCUT2D eigenvalue weighted by Crippen LogP contribution is -2.06. The predicted molar refractivity (Wildman–Crippen MR) is 71.4 cm³/mol. The van der Waals surface area contributed by atoms with Crippen molar-refractivity contribution < 1.29 is 4.42 Å². The Hall–Kier alpha value is -2.14. The average Bonchev–Trinajstić information content (AvgIpc) is 3.13. The molecule has 4 rings (SSSR count). The van der Waals surface area contributed by atoms with Crippen molar-refractivity contribution in [2.75, 3.05) is 0 Å². The quantitative estimate of drug-likeness (QED) is 0.760. The van der Waals surface area contributed by atoms with Gasteiger partial charge in [-0.15, -0.1) is 0 Å². The van der Waals surface area contributed by atoms with Crippen molar-refractivity contribution in [3.63, 3.8) is 0 Å². The van der Waals surface area contributed by atoms with Gasteiger partial charge in [0.25, 0.3) is 0 Å². The molecule has 2 N–H and O–H groups in total. The van der Waals surface area contributed by atoms with Gasteiger partial charge in [-0.1, -0.05) is 6.07 Å². The Morgan fingerprint density at radius 1 is 1.37 bits per heavy atom. The molecule has 0 radical (unpaired) electrons. The number of hydrogen-bond donors (Lipinski definition) is 1. The van der Waals surface area contributed by atoms with Gasteiger partial charge in [0.05, 0.1) is 12.2 Å². The number of aromatic nitrogens is 3. The van der Waals surface area contributed by atoms with Crippen LogP contribution in [0.4, 0.5) is 0 Å². The van der Waals surface area contributed by atoms with Crippen LogP contribution >= 0.6 is 0 Å². The van der Waals surface area contributed by atoms with Gasteiger partial charge < -0.3 is 14.7 Å². The molecule has 5 heteroatoms. The monoisotopic (exact) mass is 254 g/mol. The van der Waals surface area contributed by atoms with E-state index in [-0.39, 0.29) is 0 Å². The first-order chi connectivity index (χ1) is 9.36. The van der Waals surface area contributed by atoms with Crippen LogP contribution in [0.25, 0.3) is 22.4 Å². The fourth-order valence-electron chi connectivity index (χ4n) is 2.85. The van der Waals surface area contributed by atoms with E-state index in [9.17, 15) is 0 Å². The highest BCUT2D eigenvalue weighted by Gasteiger charge is 2.21. The summed E-state index contributed by atoms with van der Waals surface area (Å²) in [5.41, 5.74) is 10.9. The Balaban J connectivity index is 1.91. The van der Waals surface area contributed by atoms with Crippen molar-refractivity contribution in [2.24, 2.45) is 5.73 Å². The highest BCUT2D eigenvalue weighted by atomic mass is 16.3. The van der Waals surface area contributed by atoms with E-state index in [4.69, 9.17) is 10.2 Å². The van der Waals surface area contributed by atoms with Gasteiger partial charge in [0.15, 0.2) is 12.0 Å². The lowest BCUT2D eigenvalue weighted by molar-refractivity contribution is 0.602. The lowest BCUT2D eigenvalue weighted by Gasteiger charge is -2.00. The summed E-state index contributed by atoms with van der Waals surface area (Å²) in [7, 11) is 0. The van der Waals surface area contributed by atoms with Gasteiger partial charge in [-0.25, -0.2) is 9.97 Å². The third-order valence-electron chi connectivity index (χ3n) is 3.73. The fourth-order valence-corrected chi connectivity index (χ4v) is 2.85. The van der Waals surface area contributed by atoms with Gasteiger partial charge in [-0.2, -0.15) is 0 Å². The van der Waals surface area contributed by atoms with Gasteiger partial charge in [-0.05, 0) is 25.0 Å². The Labute approximate surface area is 110 Å². The van der Waals surface area contributed by atoms with Gasteiger partial charge in [0.2, 0.25) is 0 Å². The van der Waals surface area contributed by atoms with E-state index in [0.717, 1.165) is 41.1 Å². The van der Waals surface area contributed by atoms with Crippen molar-refractivity contribution >= 4 is 11.1 Å². The first-order valence-electron chi connectivity index (χ1n) is 6.49. The largest absolute Gasteiger partial charge is 0.443 e. The molecule has 0 aliphatic carbocycles. The van der Waals surface area contributed by atoms with Crippen molar-refractivity contribution in [2.45, 2.75) is 25.9 Å². The normalized spacial score (nSPS) is 14.2. The molecule has 3 heterocycles. The van der Waals surface area contributed by atoms with Crippen LogP contribution < -0.4 is 5.73 Å². The summed E-state index contributed by atoms with van der Waals surface area (Å²) in [4.78, 5) is 8.82. The average molecular weight is 254 g/mol. The SMILES string of the molecule is NCc1nc(-c2ccc3ncoc3c2)c2n1CCC2. The second-order valence-electron chi connectivity index (χ2n) is 4.82. The lowest BCUT2D eigenvalue weighted by atomic mass is 10.1. The van der Waals surface area contributed by atoms with E-state index in [1.165, 1.54) is 18.5 Å². The summed E-state index contributed by atoms with van der Waals surface area (Å²) >= 11 is 0. The van der Waals surface area contributed by atoms with Crippen molar-refractivity contribution in [3.8, 4) is 11.3 Å². The standard InChI is InChI=1S/C14H14N4O/c15-7-13-17-14(11-2-1-5-18(11)13)9-3-4-10-12(6-9)19-8-16-10/h3-4,6,8H,1-2,5,7,15H2. The molecule has 0 saturated carbocycles. The zero-order valence-corrected chi connectivity index (χ0v) is 10.5. The van der Waals surface area contributed by atoms with Crippen LogP contribution in [-0.4, -0.2) is 14.5 Å². The molecular weight excluding hydrogens is 240 g/mol. The van der Waals surface area contributed by atoms with E-state index in [0.29, 0.717) is 6.54 Å². The zero-order valence-electron chi connectivity index (χ0n) is 10.5. The number of fused-ring (bicyclic) bond motifs is 2. The zero-order chi connectivity index (χ0) is 12.8. The Kier molecular flexibility index (Phi) is 2.22. The second-order valence-corrected chi connectivity index (χ2v) is 4.82. The van der Waals surface area contributed by atoms with E-state index < -0.39 is 0 Å². The number of hydrogen-bond acceptors (Lipinski definition) is 4. The van der Waals surface area contributed by atoms with Crippen LogP contribution in [0.2, 0.25) is 0 Å². The van der Waals surface area contributed by atoms with Crippen molar-refractivity contribution in [1.82, 2.24) is 14.5 Å². The molecule has 1 aliphatic rings. The highest BCUT2D eigenvalue weighted by molar-refractivity contribution is 5.79. The Bertz CT molecular complexity index is 756. The molecule has 5 nitrogen and oxygen atoms in total. The van der Waals surface area contributed by atoms with Crippen LogP contribution in [-0.2, 0) is 19.5 Å². The van der Waals surface area contributed by atoms with E-state index in [1.807, 2.05) is 18.2 Å². The third-order valence-corrected chi connectivity index (χ3v) is 3.73. The van der Waals surface area contributed by atoms with Crippen LogP contribution in [0.3, 0.4) is 0 Å². The molecule has 0 amide bonds. The summed E-state index contributed by atoms with van der Waals surface area (Å²) in [6, 6.07) is 6.02. The number of benzene rings is 1. The molecule has 3 aromatic rings. The molecule has 0 spiro atoms. The Morgan fingerprint density at radius 3 is 3.21 bits per heavy atom. The Morgan fingerprint density at radius 2 is 2.32 bits per heavy atom.